The molecule has 5 nitrogen and oxygen atoms in total. The molecular weight excluding hydrogens is 392 g/mol. The van der Waals surface area contributed by atoms with Crippen LogP contribution in [0.2, 0.25) is 0 Å². The number of sulfonamides is 1. The summed E-state index contributed by atoms with van der Waals surface area (Å²) in [6, 6.07) is 17.5. The lowest BCUT2D eigenvalue weighted by Crippen LogP contribution is -2.27. The third-order valence-electron chi connectivity index (χ3n) is 4.40. The molecule has 0 aliphatic rings. The van der Waals surface area contributed by atoms with E-state index in [1.54, 1.807) is 35.4 Å². The normalized spacial score (nSPS) is 11.4. The van der Waals surface area contributed by atoms with Gasteiger partial charge in [0.05, 0.1) is 11.4 Å². The highest BCUT2D eigenvalue weighted by Gasteiger charge is 2.18. The molecule has 0 spiro atoms. The summed E-state index contributed by atoms with van der Waals surface area (Å²) in [6.45, 7) is 2.69. The van der Waals surface area contributed by atoms with Crippen molar-refractivity contribution in [3.8, 4) is 0 Å². The minimum Gasteiger partial charge on any atom is -0.337 e. The Morgan fingerprint density at radius 3 is 2.50 bits per heavy atom. The number of hydrogen-bond donors (Lipinski definition) is 1. The first kappa shape index (κ1) is 20.3. The quantitative estimate of drug-likeness (QED) is 0.639. The molecule has 0 aliphatic carbocycles. The molecule has 0 saturated carbocycles. The maximum Gasteiger partial charge on any atom is 0.253 e. The zero-order chi connectivity index (χ0) is 20.1. The molecule has 0 radical (unpaired) electrons. The van der Waals surface area contributed by atoms with Crippen molar-refractivity contribution in [3.05, 3.63) is 87.6 Å². The van der Waals surface area contributed by atoms with Crippen LogP contribution < -0.4 is 4.72 Å². The van der Waals surface area contributed by atoms with Crippen LogP contribution in [-0.4, -0.2) is 26.3 Å². The van der Waals surface area contributed by atoms with E-state index in [4.69, 9.17) is 0 Å². The monoisotopic (exact) mass is 414 g/mol. The van der Waals surface area contributed by atoms with Crippen LogP contribution in [0.1, 0.15) is 26.4 Å². The molecule has 3 rings (SSSR count). The van der Waals surface area contributed by atoms with E-state index >= 15 is 0 Å². The molecule has 1 heterocycles. The van der Waals surface area contributed by atoms with E-state index in [0.29, 0.717) is 12.1 Å². The van der Waals surface area contributed by atoms with Gasteiger partial charge < -0.3 is 4.90 Å². The first-order valence-electron chi connectivity index (χ1n) is 8.79. The van der Waals surface area contributed by atoms with Gasteiger partial charge in [-0.15, -0.1) is 11.3 Å². The van der Waals surface area contributed by atoms with Crippen LogP contribution in [0.15, 0.2) is 70.9 Å². The van der Waals surface area contributed by atoms with Crippen LogP contribution in [-0.2, 0) is 23.1 Å². The number of benzene rings is 2. The Hall–Kier alpha value is -2.48. The van der Waals surface area contributed by atoms with E-state index in [9.17, 15) is 13.2 Å². The van der Waals surface area contributed by atoms with Crippen molar-refractivity contribution in [2.75, 3.05) is 7.05 Å². The topological polar surface area (TPSA) is 66.5 Å². The van der Waals surface area contributed by atoms with Gasteiger partial charge in [-0.25, -0.2) is 13.1 Å². The fourth-order valence-corrected chi connectivity index (χ4v) is 4.75. The third kappa shape index (κ3) is 4.86. The van der Waals surface area contributed by atoms with Crippen LogP contribution >= 0.6 is 11.3 Å². The Balaban J connectivity index is 1.73. The molecule has 0 aliphatic heterocycles. The highest BCUT2D eigenvalue weighted by Crippen LogP contribution is 2.19. The predicted octanol–water partition coefficient (Wildman–Crippen LogP) is 3.81. The largest absolute Gasteiger partial charge is 0.337 e. The summed E-state index contributed by atoms with van der Waals surface area (Å²) in [6.07, 6.45) is 0. The fourth-order valence-electron chi connectivity index (χ4n) is 2.73. The molecule has 7 heteroatoms. The summed E-state index contributed by atoms with van der Waals surface area (Å²) >= 11 is 1.60. The summed E-state index contributed by atoms with van der Waals surface area (Å²) in [5, 5.41) is 1.99. The maximum atomic E-state index is 12.8. The Kier molecular flexibility index (Phi) is 6.28. The third-order valence-corrected chi connectivity index (χ3v) is 6.80. The summed E-state index contributed by atoms with van der Waals surface area (Å²) in [4.78, 5) is 15.5. The molecule has 28 heavy (non-hydrogen) atoms. The summed E-state index contributed by atoms with van der Waals surface area (Å²) in [5.41, 5.74) is 2.36. The lowest BCUT2D eigenvalue weighted by atomic mass is 10.2. The van der Waals surface area contributed by atoms with Crippen molar-refractivity contribution in [3.63, 3.8) is 0 Å². The number of rotatable bonds is 7. The van der Waals surface area contributed by atoms with Gasteiger partial charge in [-0.2, -0.15) is 0 Å². The van der Waals surface area contributed by atoms with Crippen molar-refractivity contribution in [1.29, 1.82) is 0 Å². The summed E-state index contributed by atoms with van der Waals surface area (Å²) in [7, 11) is -2.00. The molecule has 1 amide bonds. The highest BCUT2D eigenvalue weighted by molar-refractivity contribution is 7.89. The lowest BCUT2D eigenvalue weighted by Gasteiger charge is -2.17. The predicted molar refractivity (Wildman–Crippen MR) is 112 cm³/mol. The fraction of sp³-hybridized carbons (Fsp3) is 0.190. The number of carbonyl (C=O) groups is 1. The second-order valence-electron chi connectivity index (χ2n) is 6.53. The SMILES string of the molecule is Cc1ccsc1CN(C)C(=O)c1cccc(S(=O)(=O)NCc2ccccc2)c1. The van der Waals surface area contributed by atoms with E-state index in [1.165, 1.54) is 12.1 Å². The molecule has 146 valence electrons. The maximum absolute atomic E-state index is 12.8. The average molecular weight is 415 g/mol. The Bertz CT molecular complexity index is 1060. The summed E-state index contributed by atoms with van der Waals surface area (Å²) < 4.78 is 27.8. The lowest BCUT2D eigenvalue weighted by molar-refractivity contribution is 0.0786. The number of carbonyl (C=O) groups excluding carboxylic acids is 1. The molecule has 0 fully saturated rings. The number of aryl methyl sites for hydroxylation is 1. The molecule has 3 aromatic rings. The van der Waals surface area contributed by atoms with Crippen LogP contribution in [0.25, 0.3) is 0 Å². The zero-order valence-electron chi connectivity index (χ0n) is 15.8. The van der Waals surface area contributed by atoms with Gasteiger partial charge in [-0.05, 0) is 47.7 Å². The minimum atomic E-state index is -3.72. The molecule has 0 atom stereocenters. The number of amides is 1. The van der Waals surface area contributed by atoms with Gasteiger partial charge in [0.1, 0.15) is 0 Å². The molecule has 2 aromatic carbocycles. The zero-order valence-corrected chi connectivity index (χ0v) is 17.4. The molecule has 0 bridgehead atoms. The first-order chi connectivity index (χ1) is 13.4. The number of nitrogens with one attached hydrogen (secondary N) is 1. The molecule has 0 saturated heterocycles. The molecule has 1 N–H and O–H groups in total. The van der Waals surface area contributed by atoms with Crippen molar-refractivity contribution >= 4 is 27.3 Å². The standard InChI is InChI=1S/C21H22N2O3S2/c1-16-11-12-27-20(16)15-23(2)21(24)18-9-6-10-19(13-18)28(25,26)22-14-17-7-4-3-5-8-17/h3-13,22H,14-15H2,1-2H3. The van der Waals surface area contributed by atoms with Crippen LogP contribution in [0.5, 0.6) is 0 Å². The Morgan fingerprint density at radius 1 is 1.07 bits per heavy atom. The van der Waals surface area contributed by atoms with E-state index in [1.807, 2.05) is 48.7 Å². The number of nitrogens with zero attached hydrogens (tertiary/aromatic N) is 1. The Morgan fingerprint density at radius 2 is 1.82 bits per heavy atom. The first-order valence-corrected chi connectivity index (χ1v) is 11.2. The van der Waals surface area contributed by atoms with Gasteiger partial charge in [-0.1, -0.05) is 36.4 Å². The van der Waals surface area contributed by atoms with Gasteiger partial charge in [0.25, 0.3) is 5.91 Å². The van der Waals surface area contributed by atoms with Gasteiger partial charge in [0.2, 0.25) is 10.0 Å². The smallest absolute Gasteiger partial charge is 0.253 e. The van der Waals surface area contributed by atoms with Gasteiger partial charge >= 0.3 is 0 Å². The van der Waals surface area contributed by atoms with E-state index in [-0.39, 0.29) is 17.3 Å². The number of thiophene rings is 1. The second kappa shape index (κ2) is 8.68. The van der Waals surface area contributed by atoms with Gasteiger partial charge in [0.15, 0.2) is 0 Å². The highest BCUT2D eigenvalue weighted by atomic mass is 32.2. The van der Waals surface area contributed by atoms with Crippen molar-refractivity contribution in [2.24, 2.45) is 0 Å². The number of hydrogen-bond acceptors (Lipinski definition) is 4. The van der Waals surface area contributed by atoms with Crippen LogP contribution in [0.4, 0.5) is 0 Å². The summed E-state index contributed by atoms with van der Waals surface area (Å²) in [5.74, 6) is -0.215. The van der Waals surface area contributed by atoms with Gasteiger partial charge in [-0.3, -0.25) is 4.79 Å². The average Bonchev–Trinajstić information content (AvgIpc) is 3.11. The van der Waals surface area contributed by atoms with Crippen molar-refractivity contribution in [1.82, 2.24) is 9.62 Å². The molecule has 1 aromatic heterocycles. The molecule has 0 unspecified atom stereocenters. The van der Waals surface area contributed by atoms with Gasteiger partial charge in [0, 0.05) is 24.0 Å². The molecular formula is C21H22N2O3S2. The van der Waals surface area contributed by atoms with Crippen molar-refractivity contribution in [2.45, 2.75) is 24.9 Å². The van der Waals surface area contributed by atoms with Crippen LogP contribution in [0, 0.1) is 6.92 Å². The van der Waals surface area contributed by atoms with Crippen molar-refractivity contribution < 1.29 is 13.2 Å². The van der Waals surface area contributed by atoms with E-state index in [2.05, 4.69) is 4.72 Å². The minimum absolute atomic E-state index is 0.0787. The van der Waals surface area contributed by atoms with E-state index in [0.717, 1.165) is 16.0 Å². The van der Waals surface area contributed by atoms with E-state index < -0.39 is 10.0 Å². The van der Waals surface area contributed by atoms with Crippen LogP contribution in [0.3, 0.4) is 0 Å². The second-order valence-corrected chi connectivity index (χ2v) is 9.29. The Labute approximate surface area is 169 Å².